The SMILES string of the molecule is CCOc1cc(OCC2CCCN2)ccc1[N+](=O)[O-]. The Balaban J connectivity index is 2.04. The van der Waals surface area contributed by atoms with Gasteiger partial charge in [-0.2, -0.15) is 0 Å². The summed E-state index contributed by atoms with van der Waals surface area (Å²) in [6.07, 6.45) is 2.27. The smallest absolute Gasteiger partial charge is 0.311 e. The topological polar surface area (TPSA) is 73.6 Å². The predicted octanol–water partition coefficient (Wildman–Crippen LogP) is 2.12. The Labute approximate surface area is 111 Å². The third-order valence-electron chi connectivity index (χ3n) is 3.04. The van der Waals surface area contributed by atoms with Gasteiger partial charge >= 0.3 is 5.69 Å². The molecule has 1 atom stereocenters. The largest absolute Gasteiger partial charge is 0.492 e. The summed E-state index contributed by atoms with van der Waals surface area (Å²) in [6, 6.07) is 4.97. The Hall–Kier alpha value is -1.82. The Morgan fingerprint density at radius 3 is 2.95 bits per heavy atom. The maximum atomic E-state index is 10.8. The zero-order valence-corrected chi connectivity index (χ0v) is 10.9. The average molecular weight is 266 g/mol. The number of nitro benzene ring substituents is 1. The zero-order chi connectivity index (χ0) is 13.7. The molecule has 0 aliphatic carbocycles. The summed E-state index contributed by atoms with van der Waals surface area (Å²) in [6.45, 7) is 3.77. The molecular weight excluding hydrogens is 248 g/mol. The quantitative estimate of drug-likeness (QED) is 0.630. The van der Waals surface area contributed by atoms with E-state index >= 15 is 0 Å². The van der Waals surface area contributed by atoms with Crippen LogP contribution >= 0.6 is 0 Å². The molecule has 1 N–H and O–H groups in total. The van der Waals surface area contributed by atoms with E-state index < -0.39 is 4.92 Å². The lowest BCUT2D eigenvalue weighted by atomic mass is 10.2. The Morgan fingerprint density at radius 1 is 1.47 bits per heavy atom. The molecule has 2 rings (SSSR count). The normalized spacial score (nSPS) is 18.3. The Bertz CT molecular complexity index is 444. The van der Waals surface area contributed by atoms with Crippen molar-refractivity contribution >= 4 is 5.69 Å². The Kier molecular flexibility index (Phi) is 4.57. The van der Waals surface area contributed by atoms with E-state index in [1.54, 1.807) is 19.1 Å². The maximum absolute atomic E-state index is 10.8. The first kappa shape index (κ1) is 13.6. The van der Waals surface area contributed by atoms with Crippen molar-refractivity contribution < 1.29 is 14.4 Å². The zero-order valence-electron chi connectivity index (χ0n) is 10.9. The van der Waals surface area contributed by atoms with Crippen molar-refractivity contribution in [1.82, 2.24) is 5.32 Å². The second kappa shape index (κ2) is 6.38. The molecule has 1 heterocycles. The standard InChI is InChI=1S/C13H18N2O4/c1-2-18-13-8-11(5-6-12(13)15(16)17)19-9-10-4-3-7-14-10/h5-6,8,10,14H,2-4,7,9H2,1H3. The third kappa shape index (κ3) is 3.57. The van der Waals surface area contributed by atoms with Crippen molar-refractivity contribution in [3.8, 4) is 11.5 Å². The van der Waals surface area contributed by atoms with Gasteiger partial charge in [0.25, 0.3) is 0 Å². The molecule has 1 saturated heterocycles. The van der Waals surface area contributed by atoms with E-state index in [1.165, 1.54) is 12.5 Å². The minimum absolute atomic E-state index is 0.0341. The van der Waals surface area contributed by atoms with Gasteiger partial charge < -0.3 is 14.8 Å². The van der Waals surface area contributed by atoms with Crippen LogP contribution in [-0.4, -0.2) is 30.7 Å². The molecular formula is C13H18N2O4. The van der Waals surface area contributed by atoms with Crippen molar-refractivity contribution in [2.45, 2.75) is 25.8 Å². The van der Waals surface area contributed by atoms with E-state index in [0.29, 0.717) is 25.0 Å². The van der Waals surface area contributed by atoms with Crippen LogP contribution in [0.3, 0.4) is 0 Å². The molecule has 6 nitrogen and oxygen atoms in total. The second-order valence-electron chi connectivity index (χ2n) is 4.42. The van der Waals surface area contributed by atoms with Crippen LogP contribution in [0.5, 0.6) is 11.5 Å². The van der Waals surface area contributed by atoms with E-state index in [0.717, 1.165) is 13.0 Å². The first-order valence-corrected chi connectivity index (χ1v) is 6.48. The highest BCUT2D eigenvalue weighted by Crippen LogP contribution is 2.31. The molecule has 0 saturated carbocycles. The van der Waals surface area contributed by atoms with E-state index in [9.17, 15) is 10.1 Å². The molecule has 1 fully saturated rings. The predicted molar refractivity (Wildman–Crippen MR) is 70.8 cm³/mol. The fourth-order valence-electron chi connectivity index (χ4n) is 2.10. The third-order valence-corrected chi connectivity index (χ3v) is 3.04. The molecule has 0 amide bonds. The average Bonchev–Trinajstić information content (AvgIpc) is 2.90. The number of nitro groups is 1. The molecule has 1 aliphatic heterocycles. The van der Waals surface area contributed by atoms with Gasteiger partial charge in [0.1, 0.15) is 12.4 Å². The summed E-state index contributed by atoms with van der Waals surface area (Å²) in [5, 5.41) is 14.2. The van der Waals surface area contributed by atoms with Gasteiger partial charge in [-0.1, -0.05) is 0 Å². The second-order valence-corrected chi connectivity index (χ2v) is 4.42. The van der Waals surface area contributed by atoms with Gasteiger partial charge in [-0.3, -0.25) is 10.1 Å². The van der Waals surface area contributed by atoms with E-state index in [4.69, 9.17) is 9.47 Å². The van der Waals surface area contributed by atoms with Crippen LogP contribution in [0.4, 0.5) is 5.69 Å². The van der Waals surface area contributed by atoms with Gasteiger partial charge in [0, 0.05) is 18.2 Å². The molecule has 0 spiro atoms. The number of nitrogens with one attached hydrogen (secondary N) is 1. The molecule has 6 heteroatoms. The van der Waals surface area contributed by atoms with Crippen molar-refractivity contribution in [2.75, 3.05) is 19.8 Å². The van der Waals surface area contributed by atoms with Crippen molar-refractivity contribution in [3.63, 3.8) is 0 Å². The minimum atomic E-state index is -0.451. The number of hydrogen-bond acceptors (Lipinski definition) is 5. The highest BCUT2D eigenvalue weighted by Gasteiger charge is 2.18. The van der Waals surface area contributed by atoms with Gasteiger partial charge in [0.05, 0.1) is 11.5 Å². The summed E-state index contributed by atoms with van der Waals surface area (Å²) in [5.41, 5.74) is -0.0341. The summed E-state index contributed by atoms with van der Waals surface area (Å²) in [4.78, 5) is 10.4. The summed E-state index contributed by atoms with van der Waals surface area (Å²) < 4.78 is 10.9. The van der Waals surface area contributed by atoms with Crippen LogP contribution in [0.1, 0.15) is 19.8 Å². The van der Waals surface area contributed by atoms with Crippen LogP contribution in [0.15, 0.2) is 18.2 Å². The van der Waals surface area contributed by atoms with Gasteiger partial charge in [-0.05, 0) is 32.4 Å². The molecule has 19 heavy (non-hydrogen) atoms. The number of benzene rings is 1. The van der Waals surface area contributed by atoms with Crippen LogP contribution in [0.25, 0.3) is 0 Å². The van der Waals surface area contributed by atoms with Crippen LogP contribution in [0.2, 0.25) is 0 Å². The minimum Gasteiger partial charge on any atom is -0.492 e. The van der Waals surface area contributed by atoms with E-state index in [-0.39, 0.29) is 11.4 Å². The number of nitrogens with zero attached hydrogens (tertiary/aromatic N) is 1. The molecule has 0 aromatic heterocycles. The van der Waals surface area contributed by atoms with Crippen molar-refractivity contribution in [2.24, 2.45) is 0 Å². The van der Waals surface area contributed by atoms with Crippen molar-refractivity contribution in [3.05, 3.63) is 28.3 Å². The first-order chi connectivity index (χ1) is 9.20. The molecule has 1 unspecified atom stereocenters. The number of hydrogen-bond donors (Lipinski definition) is 1. The number of rotatable bonds is 6. The Morgan fingerprint density at radius 2 is 2.32 bits per heavy atom. The lowest BCUT2D eigenvalue weighted by molar-refractivity contribution is -0.385. The molecule has 0 radical (unpaired) electrons. The van der Waals surface area contributed by atoms with Gasteiger partial charge in [-0.15, -0.1) is 0 Å². The maximum Gasteiger partial charge on any atom is 0.311 e. The first-order valence-electron chi connectivity index (χ1n) is 6.48. The van der Waals surface area contributed by atoms with E-state index in [1.807, 2.05) is 0 Å². The lowest BCUT2D eigenvalue weighted by Crippen LogP contribution is -2.28. The molecule has 1 aliphatic rings. The van der Waals surface area contributed by atoms with Crippen LogP contribution in [0, 0.1) is 10.1 Å². The molecule has 1 aromatic carbocycles. The summed E-state index contributed by atoms with van der Waals surface area (Å²) in [7, 11) is 0. The summed E-state index contributed by atoms with van der Waals surface area (Å²) in [5.74, 6) is 0.854. The van der Waals surface area contributed by atoms with E-state index in [2.05, 4.69) is 5.32 Å². The highest BCUT2D eigenvalue weighted by molar-refractivity contribution is 5.50. The van der Waals surface area contributed by atoms with Crippen LogP contribution < -0.4 is 14.8 Å². The monoisotopic (exact) mass is 266 g/mol. The molecule has 104 valence electrons. The van der Waals surface area contributed by atoms with Crippen LogP contribution in [-0.2, 0) is 0 Å². The number of ether oxygens (including phenoxy) is 2. The van der Waals surface area contributed by atoms with Crippen molar-refractivity contribution in [1.29, 1.82) is 0 Å². The van der Waals surface area contributed by atoms with Gasteiger partial charge in [0.2, 0.25) is 5.75 Å². The summed E-state index contributed by atoms with van der Waals surface area (Å²) >= 11 is 0. The van der Waals surface area contributed by atoms with Gasteiger partial charge in [0.15, 0.2) is 0 Å². The fourth-order valence-corrected chi connectivity index (χ4v) is 2.10. The fraction of sp³-hybridized carbons (Fsp3) is 0.538. The lowest BCUT2D eigenvalue weighted by Gasteiger charge is -2.13. The van der Waals surface area contributed by atoms with Gasteiger partial charge in [-0.25, -0.2) is 0 Å². The molecule has 1 aromatic rings. The highest BCUT2D eigenvalue weighted by atomic mass is 16.6. The molecule has 0 bridgehead atoms.